The highest BCUT2D eigenvalue weighted by molar-refractivity contribution is 9.10. The molecule has 6 heteroatoms. The number of fused-ring (bicyclic) bond motifs is 4. The number of hydrogen-bond donors (Lipinski definition) is 1. The Morgan fingerprint density at radius 1 is 1.00 bits per heavy atom. The van der Waals surface area contributed by atoms with E-state index in [-0.39, 0.29) is 18.7 Å². The van der Waals surface area contributed by atoms with E-state index in [4.69, 9.17) is 9.47 Å². The molecule has 2 aliphatic heterocycles. The van der Waals surface area contributed by atoms with Gasteiger partial charge in [0.1, 0.15) is 0 Å². The number of benzene rings is 3. The van der Waals surface area contributed by atoms with Gasteiger partial charge in [0.05, 0.1) is 11.6 Å². The van der Waals surface area contributed by atoms with Crippen molar-refractivity contribution in [3.05, 3.63) is 93.6 Å². The lowest BCUT2D eigenvalue weighted by atomic mass is 9.91. The molecule has 0 bridgehead atoms. The van der Waals surface area contributed by atoms with Crippen molar-refractivity contribution < 1.29 is 14.3 Å². The zero-order chi connectivity index (χ0) is 20.9. The first-order chi connectivity index (χ1) is 15.2. The number of amides is 1. The average molecular weight is 475 g/mol. The summed E-state index contributed by atoms with van der Waals surface area (Å²) < 4.78 is 11.9. The van der Waals surface area contributed by atoms with Crippen LogP contribution in [-0.2, 0) is 6.42 Å². The van der Waals surface area contributed by atoms with Crippen LogP contribution in [0.4, 0.5) is 0 Å². The minimum Gasteiger partial charge on any atom is -0.454 e. The number of nitrogens with zero attached hydrogens (tertiary/aromatic N) is 1. The second-order valence-corrected chi connectivity index (χ2v) is 8.66. The molecule has 4 aromatic rings. The molecular formula is C25H19BrN2O3. The first-order valence-electron chi connectivity index (χ1n) is 10.3. The van der Waals surface area contributed by atoms with Gasteiger partial charge in [0, 0.05) is 27.6 Å². The number of carbonyl (C=O) groups is 1. The number of ether oxygens (including phenoxy) is 2. The van der Waals surface area contributed by atoms with Crippen LogP contribution in [0, 0.1) is 0 Å². The SMILES string of the molecule is O=C(c1ccccc1Br)N1CCc2c([nH]c3ccccc23)[C@@H]1c1ccc2c(c1)OCO2. The maximum absolute atomic E-state index is 13.7. The summed E-state index contributed by atoms with van der Waals surface area (Å²) in [6.07, 6.45) is 0.802. The van der Waals surface area contributed by atoms with E-state index >= 15 is 0 Å². The van der Waals surface area contributed by atoms with Crippen LogP contribution in [0.15, 0.2) is 71.2 Å². The number of aromatic amines is 1. The van der Waals surface area contributed by atoms with Crippen molar-refractivity contribution in [1.29, 1.82) is 0 Å². The highest BCUT2D eigenvalue weighted by Crippen LogP contribution is 2.42. The van der Waals surface area contributed by atoms with Crippen LogP contribution in [0.2, 0.25) is 0 Å². The Labute approximate surface area is 187 Å². The lowest BCUT2D eigenvalue weighted by molar-refractivity contribution is 0.0691. The summed E-state index contributed by atoms with van der Waals surface area (Å²) in [7, 11) is 0. The minimum absolute atomic E-state index is 0.000511. The predicted molar refractivity (Wildman–Crippen MR) is 122 cm³/mol. The molecule has 6 rings (SSSR count). The lowest BCUT2D eigenvalue weighted by Gasteiger charge is -2.36. The molecule has 3 aromatic carbocycles. The van der Waals surface area contributed by atoms with Crippen LogP contribution >= 0.6 is 15.9 Å². The second kappa shape index (κ2) is 7.17. The van der Waals surface area contributed by atoms with Crippen molar-refractivity contribution in [1.82, 2.24) is 9.88 Å². The van der Waals surface area contributed by atoms with Crippen molar-refractivity contribution >= 4 is 32.7 Å². The second-order valence-electron chi connectivity index (χ2n) is 7.81. The first kappa shape index (κ1) is 18.5. The molecule has 3 heterocycles. The van der Waals surface area contributed by atoms with Gasteiger partial charge in [-0.3, -0.25) is 4.79 Å². The standard InChI is InChI=1S/C25H19BrN2O3/c26-19-7-3-1-6-18(19)25(29)28-12-11-17-16-5-2-4-8-20(16)27-23(17)24(28)15-9-10-21-22(13-15)31-14-30-21/h1-10,13,24,27H,11-12,14H2/t24-/m0/s1. The Morgan fingerprint density at radius 2 is 1.81 bits per heavy atom. The van der Waals surface area contributed by atoms with E-state index in [1.807, 2.05) is 53.4 Å². The molecule has 1 aromatic heterocycles. The van der Waals surface area contributed by atoms with E-state index in [1.165, 1.54) is 10.9 Å². The van der Waals surface area contributed by atoms with Crippen LogP contribution in [0.25, 0.3) is 10.9 Å². The number of nitrogens with one attached hydrogen (secondary N) is 1. The maximum atomic E-state index is 13.7. The maximum Gasteiger partial charge on any atom is 0.255 e. The molecule has 0 saturated carbocycles. The molecule has 0 radical (unpaired) electrons. The zero-order valence-electron chi connectivity index (χ0n) is 16.6. The van der Waals surface area contributed by atoms with Crippen LogP contribution in [-0.4, -0.2) is 29.1 Å². The summed E-state index contributed by atoms with van der Waals surface area (Å²) in [4.78, 5) is 19.2. The smallest absolute Gasteiger partial charge is 0.255 e. The summed E-state index contributed by atoms with van der Waals surface area (Å²) in [5.74, 6) is 1.45. The first-order valence-corrected chi connectivity index (χ1v) is 11.0. The molecule has 1 amide bonds. The van der Waals surface area contributed by atoms with Gasteiger partial charge in [-0.05, 0) is 63.8 Å². The summed E-state index contributed by atoms with van der Waals surface area (Å²) in [6.45, 7) is 0.856. The molecular weight excluding hydrogens is 456 g/mol. The van der Waals surface area contributed by atoms with E-state index in [2.05, 4.69) is 39.1 Å². The largest absolute Gasteiger partial charge is 0.454 e. The van der Waals surface area contributed by atoms with Crippen LogP contribution in [0.3, 0.4) is 0 Å². The number of para-hydroxylation sites is 1. The van der Waals surface area contributed by atoms with Crippen molar-refractivity contribution in [2.24, 2.45) is 0 Å². The Bertz CT molecular complexity index is 1330. The van der Waals surface area contributed by atoms with E-state index in [0.29, 0.717) is 17.9 Å². The molecule has 1 atom stereocenters. The van der Waals surface area contributed by atoms with Gasteiger partial charge in [-0.15, -0.1) is 0 Å². The number of rotatable bonds is 2. The van der Waals surface area contributed by atoms with E-state index in [0.717, 1.165) is 33.4 Å². The van der Waals surface area contributed by atoms with Crippen molar-refractivity contribution in [2.45, 2.75) is 12.5 Å². The molecule has 154 valence electrons. The number of H-pyrrole nitrogens is 1. The fourth-order valence-corrected chi connectivity index (χ4v) is 5.13. The third-order valence-corrected chi connectivity index (χ3v) is 6.80. The van der Waals surface area contributed by atoms with Gasteiger partial charge in [0.2, 0.25) is 6.79 Å². The van der Waals surface area contributed by atoms with E-state index in [1.54, 1.807) is 0 Å². The van der Waals surface area contributed by atoms with Crippen LogP contribution in [0.5, 0.6) is 11.5 Å². The molecule has 0 unspecified atom stereocenters. The Hall–Kier alpha value is -3.25. The highest BCUT2D eigenvalue weighted by Gasteiger charge is 2.36. The van der Waals surface area contributed by atoms with Gasteiger partial charge in [-0.1, -0.05) is 36.4 Å². The topological polar surface area (TPSA) is 54.6 Å². The zero-order valence-corrected chi connectivity index (χ0v) is 18.2. The molecule has 31 heavy (non-hydrogen) atoms. The summed E-state index contributed by atoms with van der Waals surface area (Å²) in [5.41, 5.74) is 5.08. The minimum atomic E-state index is -0.245. The lowest BCUT2D eigenvalue weighted by Crippen LogP contribution is -2.40. The average Bonchev–Trinajstić information content (AvgIpc) is 3.42. The third kappa shape index (κ3) is 2.93. The number of carbonyl (C=O) groups excluding carboxylic acids is 1. The van der Waals surface area contributed by atoms with E-state index in [9.17, 15) is 4.79 Å². The Balaban J connectivity index is 1.53. The van der Waals surface area contributed by atoms with Crippen LogP contribution < -0.4 is 9.47 Å². The van der Waals surface area contributed by atoms with Crippen molar-refractivity contribution in [3.8, 4) is 11.5 Å². The fraction of sp³-hybridized carbons (Fsp3) is 0.160. The predicted octanol–water partition coefficient (Wildman–Crippen LogP) is 5.45. The molecule has 5 nitrogen and oxygen atoms in total. The number of hydrogen-bond acceptors (Lipinski definition) is 3. The summed E-state index contributed by atoms with van der Waals surface area (Å²) in [5, 5.41) is 1.22. The van der Waals surface area contributed by atoms with Gasteiger partial charge in [0.15, 0.2) is 11.5 Å². The normalized spacial score (nSPS) is 17.1. The third-order valence-electron chi connectivity index (χ3n) is 6.11. The molecule has 1 N–H and O–H groups in total. The van der Waals surface area contributed by atoms with Gasteiger partial charge in [0.25, 0.3) is 5.91 Å². The summed E-state index contributed by atoms with van der Waals surface area (Å²) in [6, 6.07) is 21.6. The molecule has 0 fully saturated rings. The Kier molecular flexibility index (Phi) is 4.28. The monoisotopic (exact) mass is 474 g/mol. The van der Waals surface area contributed by atoms with Gasteiger partial charge < -0.3 is 19.4 Å². The van der Waals surface area contributed by atoms with Gasteiger partial charge in [-0.25, -0.2) is 0 Å². The van der Waals surface area contributed by atoms with Crippen molar-refractivity contribution in [2.75, 3.05) is 13.3 Å². The van der Waals surface area contributed by atoms with Gasteiger partial charge in [-0.2, -0.15) is 0 Å². The molecule has 2 aliphatic rings. The number of aromatic nitrogens is 1. The molecule has 0 aliphatic carbocycles. The molecule has 0 saturated heterocycles. The number of halogens is 1. The quantitative estimate of drug-likeness (QED) is 0.420. The summed E-state index contributed by atoms with van der Waals surface area (Å²) >= 11 is 3.55. The molecule has 0 spiro atoms. The Morgan fingerprint density at radius 3 is 2.71 bits per heavy atom. The van der Waals surface area contributed by atoms with Gasteiger partial charge >= 0.3 is 0 Å². The van der Waals surface area contributed by atoms with E-state index < -0.39 is 0 Å². The van der Waals surface area contributed by atoms with Crippen LogP contribution in [0.1, 0.15) is 33.2 Å². The fourth-order valence-electron chi connectivity index (χ4n) is 4.68. The van der Waals surface area contributed by atoms with Crippen molar-refractivity contribution in [3.63, 3.8) is 0 Å². The highest BCUT2D eigenvalue weighted by atomic mass is 79.9.